The Morgan fingerprint density at radius 1 is 1.25 bits per heavy atom. The number of likely N-dealkylation sites (tertiary alicyclic amines) is 1. The van der Waals surface area contributed by atoms with Gasteiger partial charge in [0.1, 0.15) is 5.75 Å². The third-order valence-electron chi connectivity index (χ3n) is 3.56. The van der Waals surface area contributed by atoms with E-state index in [0.29, 0.717) is 24.3 Å². The largest absolute Gasteiger partial charge is 0.399 e. The first-order chi connectivity index (χ1) is 9.40. The van der Waals surface area contributed by atoms with Crippen molar-refractivity contribution in [2.24, 2.45) is 0 Å². The number of sulfone groups is 1. The van der Waals surface area contributed by atoms with Gasteiger partial charge in [0.05, 0.1) is 4.90 Å². The molecule has 6 heteroatoms. The smallest absolute Gasteiger partial charge is 0.238 e. The summed E-state index contributed by atoms with van der Waals surface area (Å²) >= 11 is 0. The van der Waals surface area contributed by atoms with E-state index in [9.17, 15) is 13.2 Å². The van der Waals surface area contributed by atoms with Gasteiger partial charge in [0.25, 0.3) is 0 Å². The van der Waals surface area contributed by atoms with Crippen molar-refractivity contribution in [2.75, 3.05) is 24.6 Å². The number of nitrogens with zero attached hydrogens (tertiary/aromatic N) is 1. The van der Waals surface area contributed by atoms with Crippen LogP contribution in [0.15, 0.2) is 23.1 Å². The van der Waals surface area contributed by atoms with Crippen LogP contribution in [0.1, 0.15) is 24.8 Å². The van der Waals surface area contributed by atoms with Gasteiger partial charge in [0, 0.05) is 18.8 Å². The molecule has 0 bridgehead atoms. The van der Waals surface area contributed by atoms with E-state index in [1.165, 1.54) is 6.07 Å². The van der Waals surface area contributed by atoms with E-state index in [0.717, 1.165) is 19.3 Å². The van der Waals surface area contributed by atoms with Crippen LogP contribution in [-0.2, 0) is 14.6 Å². The van der Waals surface area contributed by atoms with E-state index in [2.05, 4.69) is 0 Å². The van der Waals surface area contributed by atoms with Gasteiger partial charge in [-0.1, -0.05) is 0 Å². The molecule has 1 aliphatic rings. The molecule has 0 radical (unpaired) electrons. The van der Waals surface area contributed by atoms with Gasteiger partial charge < -0.3 is 10.6 Å². The number of nitrogens with two attached hydrogens (primary N) is 1. The fraction of sp³-hybridized carbons (Fsp3) is 0.500. The first kappa shape index (κ1) is 14.8. The van der Waals surface area contributed by atoms with E-state index in [-0.39, 0.29) is 10.8 Å². The van der Waals surface area contributed by atoms with Crippen LogP contribution in [0.3, 0.4) is 0 Å². The van der Waals surface area contributed by atoms with Gasteiger partial charge in [0.15, 0.2) is 9.84 Å². The summed E-state index contributed by atoms with van der Waals surface area (Å²) < 4.78 is 24.7. The molecule has 1 aliphatic heterocycles. The number of nitrogen functional groups attached to an aromatic ring is 1. The summed E-state index contributed by atoms with van der Waals surface area (Å²) in [4.78, 5) is 13.9. The topological polar surface area (TPSA) is 80.5 Å². The summed E-state index contributed by atoms with van der Waals surface area (Å²) in [5.74, 6) is -0.765. The highest BCUT2D eigenvalue weighted by Gasteiger charge is 2.25. The van der Waals surface area contributed by atoms with Crippen LogP contribution in [0.4, 0.5) is 5.69 Å². The fourth-order valence-electron chi connectivity index (χ4n) is 2.50. The number of benzene rings is 1. The van der Waals surface area contributed by atoms with Crippen molar-refractivity contribution in [3.05, 3.63) is 23.8 Å². The van der Waals surface area contributed by atoms with Gasteiger partial charge >= 0.3 is 0 Å². The van der Waals surface area contributed by atoms with Gasteiger partial charge in [0.2, 0.25) is 5.91 Å². The molecule has 1 fully saturated rings. The molecule has 1 aromatic rings. The van der Waals surface area contributed by atoms with Gasteiger partial charge in [-0.15, -0.1) is 0 Å². The summed E-state index contributed by atoms with van der Waals surface area (Å²) in [6.07, 6.45) is 3.01. The SMILES string of the molecule is Cc1cc(N)ccc1S(=O)(=O)CC(=O)N1CCCCC1. The van der Waals surface area contributed by atoms with Gasteiger partial charge in [-0.25, -0.2) is 8.42 Å². The molecule has 0 aliphatic carbocycles. The molecular formula is C14H20N2O3S. The maximum Gasteiger partial charge on any atom is 0.238 e. The quantitative estimate of drug-likeness (QED) is 0.854. The van der Waals surface area contributed by atoms with E-state index in [4.69, 9.17) is 5.73 Å². The van der Waals surface area contributed by atoms with Gasteiger partial charge in [-0.05, 0) is 49.9 Å². The monoisotopic (exact) mass is 296 g/mol. The minimum atomic E-state index is -3.60. The van der Waals surface area contributed by atoms with Crippen LogP contribution >= 0.6 is 0 Å². The first-order valence-electron chi connectivity index (χ1n) is 6.77. The van der Waals surface area contributed by atoms with Crippen LogP contribution in [0, 0.1) is 6.92 Å². The fourth-order valence-corrected chi connectivity index (χ4v) is 3.98. The van der Waals surface area contributed by atoms with Crippen molar-refractivity contribution < 1.29 is 13.2 Å². The number of hydrogen-bond acceptors (Lipinski definition) is 4. The van der Waals surface area contributed by atoms with Crippen LogP contribution in [0.2, 0.25) is 0 Å². The molecule has 5 nitrogen and oxygen atoms in total. The lowest BCUT2D eigenvalue weighted by molar-refractivity contribution is -0.129. The van der Waals surface area contributed by atoms with Crippen LogP contribution < -0.4 is 5.73 Å². The molecule has 0 saturated carbocycles. The number of amides is 1. The zero-order valence-electron chi connectivity index (χ0n) is 11.6. The number of rotatable bonds is 3. The Labute approximate surface area is 119 Å². The summed E-state index contributed by atoms with van der Waals surface area (Å²) in [5.41, 5.74) is 6.72. The van der Waals surface area contributed by atoms with E-state index in [1.54, 1.807) is 24.0 Å². The summed E-state index contributed by atoms with van der Waals surface area (Å²) in [5, 5.41) is 0. The third kappa shape index (κ3) is 3.30. The molecule has 0 spiro atoms. The number of aryl methyl sites for hydroxylation is 1. The Hall–Kier alpha value is -1.56. The lowest BCUT2D eigenvalue weighted by Gasteiger charge is -2.26. The van der Waals surface area contributed by atoms with Crippen molar-refractivity contribution in [3.8, 4) is 0 Å². The molecule has 1 heterocycles. The summed E-state index contributed by atoms with van der Waals surface area (Å²) in [6, 6.07) is 4.63. The highest BCUT2D eigenvalue weighted by atomic mass is 32.2. The maximum atomic E-state index is 12.3. The number of carbonyl (C=O) groups excluding carboxylic acids is 1. The minimum absolute atomic E-state index is 0.192. The number of piperidine rings is 1. The molecular weight excluding hydrogens is 276 g/mol. The van der Waals surface area contributed by atoms with Crippen LogP contribution in [0.25, 0.3) is 0 Å². The first-order valence-corrected chi connectivity index (χ1v) is 8.42. The van der Waals surface area contributed by atoms with E-state index >= 15 is 0 Å². The van der Waals surface area contributed by atoms with E-state index in [1.807, 2.05) is 0 Å². The van der Waals surface area contributed by atoms with Gasteiger partial charge in [-0.3, -0.25) is 4.79 Å². The Bertz CT molecular complexity index is 605. The van der Waals surface area contributed by atoms with Crippen molar-refractivity contribution >= 4 is 21.4 Å². The Morgan fingerprint density at radius 2 is 1.90 bits per heavy atom. The zero-order chi connectivity index (χ0) is 14.8. The normalized spacial score (nSPS) is 16.1. The highest BCUT2D eigenvalue weighted by molar-refractivity contribution is 7.92. The highest BCUT2D eigenvalue weighted by Crippen LogP contribution is 2.20. The molecule has 2 N–H and O–H groups in total. The standard InChI is InChI=1S/C14H20N2O3S/c1-11-9-12(15)5-6-13(11)20(18,19)10-14(17)16-7-3-2-4-8-16/h5-6,9H,2-4,7-8,10,15H2,1H3. The molecule has 1 aromatic carbocycles. The second-order valence-corrected chi connectivity index (χ2v) is 7.18. The average Bonchev–Trinajstić information content (AvgIpc) is 2.38. The molecule has 1 amide bonds. The van der Waals surface area contributed by atoms with Crippen molar-refractivity contribution in [1.82, 2.24) is 4.90 Å². The molecule has 0 atom stereocenters. The molecule has 110 valence electrons. The minimum Gasteiger partial charge on any atom is -0.399 e. The van der Waals surface area contributed by atoms with Crippen LogP contribution in [0.5, 0.6) is 0 Å². The second kappa shape index (κ2) is 5.83. The summed E-state index contributed by atoms with van der Waals surface area (Å²) in [6.45, 7) is 3.01. The van der Waals surface area contributed by atoms with Crippen molar-refractivity contribution in [3.63, 3.8) is 0 Å². The number of hydrogen-bond donors (Lipinski definition) is 1. The number of carbonyl (C=O) groups is 1. The van der Waals surface area contributed by atoms with Crippen molar-refractivity contribution in [2.45, 2.75) is 31.1 Å². The molecule has 0 aromatic heterocycles. The van der Waals surface area contributed by atoms with Crippen LogP contribution in [-0.4, -0.2) is 38.1 Å². The predicted octanol–water partition coefficient (Wildman–Crippen LogP) is 1.36. The van der Waals surface area contributed by atoms with Gasteiger partial charge in [-0.2, -0.15) is 0 Å². The Balaban J connectivity index is 2.16. The van der Waals surface area contributed by atoms with Crippen molar-refractivity contribution in [1.29, 1.82) is 0 Å². The molecule has 1 saturated heterocycles. The predicted molar refractivity (Wildman–Crippen MR) is 78.1 cm³/mol. The zero-order valence-corrected chi connectivity index (χ0v) is 12.4. The Kier molecular flexibility index (Phi) is 4.32. The van der Waals surface area contributed by atoms with E-state index < -0.39 is 15.6 Å². The molecule has 2 rings (SSSR count). The average molecular weight is 296 g/mol. The molecule has 0 unspecified atom stereocenters. The second-order valence-electron chi connectivity index (χ2n) is 5.23. The number of anilines is 1. The summed E-state index contributed by atoms with van der Waals surface area (Å²) in [7, 11) is -3.60. The lowest BCUT2D eigenvalue weighted by Crippen LogP contribution is -2.39. The maximum absolute atomic E-state index is 12.3. The third-order valence-corrected chi connectivity index (χ3v) is 5.31. The lowest BCUT2D eigenvalue weighted by atomic mass is 10.1. The molecule has 20 heavy (non-hydrogen) atoms. The Morgan fingerprint density at radius 3 is 2.50 bits per heavy atom.